The zero-order valence-corrected chi connectivity index (χ0v) is 8.72. The predicted octanol–water partition coefficient (Wildman–Crippen LogP) is 2.80. The second-order valence-electron chi connectivity index (χ2n) is 2.19. The first kappa shape index (κ1) is 8.56. The van der Waals surface area contributed by atoms with Crippen molar-refractivity contribution in [2.75, 3.05) is 0 Å². The van der Waals surface area contributed by atoms with Crippen LogP contribution in [0.15, 0.2) is 12.1 Å². The monoisotopic (exact) mass is 225 g/mol. The number of rotatable bonds is 1. The molecule has 0 aliphatic carbocycles. The lowest BCUT2D eigenvalue weighted by Crippen LogP contribution is -1.68. The van der Waals surface area contributed by atoms with E-state index in [1.807, 2.05) is 6.07 Å². The molecule has 0 aliphatic rings. The van der Waals surface area contributed by atoms with Crippen LogP contribution in [0.25, 0.3) is 9.88 Å². The molecule has 0 radical (unpaired) electrons. The van der Waals surface area contributed by atoms with Crippen molar-refractivity contribution in [1.82, 2.24) is 10.2 Å². The van der Waals surface area contributed by atoms with E-state index < -0.39 is 0 Å². The predicted molar refractivity (Wildman–Crippen MR) is 55.3 cm³/mol. The SMILES string of the molecule is N#Cc1ccc(-c2n[nH]c(=S)s2)s1. The van der Waals surface area contributed by atoms with Gasteiger partial charge in [0.2, 0.25) is 0 Å². The lowest BCUT2D eigenvalue weighted by Gasteiger charge is -1.82. The largest absolute Gasteiger partial charge is 0.258 e. The Morgan fingerprint density at radius 2 is 2.31 bits per heavy atom. The summed E-state index contributed by atoms with van der Waals surface area (Å²) in [5, 5.41) is 16.2. The van der Waals surface area contributed by atoms with Gasteiger partial charge in [-0.05, 0) is 24.4 Å². The third-order valence-electron chi connectivity index (χ3n) is 1.37. The zero-order valence-electron chi connectivity index (χ0n) is 6.27. The molecule has 2 rings (SSSR count). The van der Waals surface area contributed by atoms with Crippen LogP contribution in [0.4, 0.5) is 0 Å². The maximum Gasteiger partial charge on any atom is 0.176 e. The molecule has 0 spiro atoms. The van der Waals surface area contributed by atoms with E-state index >= 15 is 0 Å². The Morgan fingerprint density at radius 3 is 2.85 bits per heavy atom. The van der Waals surface area contributed by atoms with E-state index in [9.17, 15) is 0 Å². The molecular formula is C7H3N3S3. The molecule has 0 saturated heterocycles. The van der Waals surface area contributed by atoms with Gasteiger partial charge in [-0.2, -0.15) is 10.4 Å². The van der Waals surface area contributed by atoms with Gasteiger partial charge >= 0.3 is 0 Å². The summed E-state index contributed by atoms with van der Waals surface area (Å²) < 4.78 is 0.655. The molecule has 1 N–H and O–H groups in total. The van der Waals surface area contributed by atoms with Crippen molar-refractivity contribution in [3.05, 3.63) is 21.0 Å². The second kappa shape index (κ2) is 3.38. The van der Waals surface area contributed by atoms with Gasteiger partial charge in [-0.3, -0.25) is 5.10 Å². The van der Waals surface area contributed by atoms with Crippen molar-refractivity contribution in [3.8, 4) is 16.0 Å². The fourth-order valence-corrected chi connectivity index (χ4v) is 2.60. The fourth-order valence-electron chi connectivity index (χ4n) is 0.848. The molecule has 0 unspecified atom stereocenters. The minimum atomic E-state index is 0.655. The maximum atomic E-state index is 8.62. The zero-order chi connectivity index (χ0) is 9.26. The number of nitrogens with one attached hydrogen (secondary N) is 1. The summed E-state index contributed by atoms with van der Waals surface area (Å²) in [5.74, 6) is 0. The summed E-state index contributed by atoms with van der Waals surface area (Å²) in [4.78, 5) is 1.67. The smallest absolute Gasteiger partial charge is 0.176 e. The van der Waals surface area contributed by atoms with Gasteiger partial charge in [0.1, 0.15) is 10.9 Å². The molecule has 0 atom stereocenters. The van der Waals surface area contributed by atoms with Crippen LogP contribution >= 0.6 is 34.9 Å². The van der Waals surface area contributed by atoms with E-state index in [-0.39, 0.29) is 0 Å². The van der Waals surface area contributed by atoms with E-state index in [4.69, 9.17) is 17.5 Å². The summed E-state index contributed by atoms with van der Waals surface area (Å²) in [6.07, 6.45) is 0. The van der Waals surface area contributed by atoms with Crippen LogP contribution in [0.1, 0.15) is 4.88 Å². The Morgan fingerprint density at radius 1 is 1.46 bits per heavy atom. The van der Waals surface area contributed by atoms with Gasteiger partial charge in [-0.25, -0.2) is 0 Å². The number of hydrogen-bond acceptors (Lipinski definition) is 5. The van der Waals surface area contributed by atoms with E-state index in [0.29, 0.717) is 8.83 Å². The van der Waals surface area contributed by atoms with Crippen molar-refractivity contribution in [2.24, 2.45) is 0 Å². The highest BCUT2D eigenvalue weighted by molar-refractivity contribution is 7.73. The number of aromatic amines is 1. The lowest BCUT2D eigenvalue weighted by molar-refractivity contribution is 1.09. The van der Waals surface area contributed by atoms with Crippen LogP contribution in [0.5, 0.6) is 0 Å². The third kappa shape index (κ3) is 1.67. The molecule has 0 aliphatic heterocycles. The van der Waals surface area contributed by atoms with Gasteiger partial charge in [0.15, 0.2) is 8.96 Å². The molecule has 0 aromatic carbocycles. The molecule has 2 aromatic rings. The topological polar surface area (TPSA) is 52.5 Å². The van der Waals surface area contributed by atoms with Crippen LogP contribution < -0.4 is 0 Å². The Kier molecular flexibility index (Phi) is 2.22. The lowest BCUT2D eigenvalue weighted by atomic mass is 10.4. The van der Waals surface area contributed by atoms with Crippen LogP contribution in [0.3, 0.4) is 0 Å². The number of H-pyrrole nitrogens is 1. The molecule has 0 fully saturated rings. The summed E-state index contributed by atoms with van der Waals surface area (Å²) in [5.41, 5.74) is 0. The first-order valence-corrected chi connectivity index (χ1v) is 5.39. The van der Waals surface area contributed by atoms with Crippen molar-refractivity contribution in [2.45, 2.75) is 0 Å². The number of nitrogens with zero attached hydrogens (tertiary/aromatic N) is 2. The Hall–Kier alpha value is -1.03. The Balaban J connectivity index is 2.48. The normalized spacial score (nSPS) is 9.77. The molecule has 0 amide bonds. The first-order chi connectivity index (χ1) is 6.29. The summed E-state index contributed by atoms with van der Waals surface area (Å²) in [7, 11) is 0. The fraction of sp³-hybridized carbons (Fsp3) is 0. The van der Waals surface area contributed by atoms with Gasteiger partial charge < -0.3 is 0 Å². The molecule has 0 bridgehead atoms. The number of hydrogen-bond donors (Lipinski definition) is 1. The van der Waals surface area contributed by atoms with Gasteiger partial charge in [0.25, 0.3) is 0 Å². The molecular weight excluding hydrogens is 222 g/mol. The van der Waals surface area contributed by atoms with Crippen LogP contribution in [0, 0.1) is 15.3 Å². The highest BCUT2D eigenvalue weighted by Gasteiger charge is 2.05. The van der Waals surface area contributed by atoms with Crippen molar-refractivity contribution < 1.29 is 0 Å². The van der Waals surface area contributed by atoms with Crippen molar-refractivity contribution in [1.29, 1.82) is 5.26 Å². The minimum Gasteiger partial charge on any atom is -0.258 e. The molecule has 2 aromatic heterocycles. The average Bonchev–Trinajstić information content (AvgIpc) is 2.71. The summed E-state index contributed by atoms with van der Waals surface area (Å²) in [6.45, 7) is 0. The van der Waals surface area contributed by atoms with Gasteiger partial charge in [-0.15, -0.1) is 11.3 Å². The molecule has 64 valence electrons. The van der Waals surface area contributed by atoms with E-state index in [1.165, 1.54) is 22.7 Å². The van der Waals surface area contributed by atoms with Crippen molar-refractivity contribution >= 4 is 34.9 Å². The number of aromatic nitrogens is 2. The minimum absolute atomic E-state index is 0.655. The maximum absolute atomic E-state index is 8.62. The van der Waals surface area contributed by atoms with Crippen LogP contribution in [-0.4, -0.2) is 10.2 Å². The molecule has 0 saturated carbocycles. The van der Waals surface area contributed by atoms with Crippen LogP contribution in [0.2, 0.25) is 0 Å². The van der Waals surface area contributed by atoms with Gasteiger partial charge in [-0.1, -0.05) is 11.3 Å². The van der Waals surface area contributed by atoms with Gasteiger partial charge in [0, 0.05) is 0 Å². The quantitative estimate of drug-likeness (QED) is 0.759. The Bertz CT molecular complexity index is 513. The standard InChI is InChI=1S/C7H3N3S3/c8-3-4-1-2-5(12-4)6-9-10-7(11)13-6/h1-2H,(H,10,11). The second-order valence-corrected chi connectivity index (χ2v) is 4.94. The first-order valence-electron chi connectivity index (χ1n) is 3.35. The van der Waals surface area contributed by atoms with Gasteiger partial charge in [0.05, 0.1) is 4.88 Å². The van der Waals surface area contributed by atoms with Crippen molar-refractivity contribution in [3.63, 3.8) is 0 Å². The third-order valence-corrected chi connectivity index (χ3v) is 3.61. The summed E-state index contributed by atoms with van der Waals surface area (Å²) >= 11 is 7.74. The highest BCUT2D eigenvalue weighted by atomic mass is 32.1. The highest BCUT2D eigenvalue weighted by Crippen LogP contribution is 2.28. The molecule has 6 heteroatoms. The van der Waals surface area contributed by atoms with E-state index in [0.717, 1.165) is 9.88 Å². The summed E-state index contributed by atoms with van der Waals surface area (Å²) in [6, 6.07) is 5.74. The van der Waals surface area contributed by atoms with E-state index in [2.05, 4.69) is 16.3 Å². The number of nitriles is 1. The number of thiophene rings is 1. The Labute approximate surface area is 87.3 Å². The molecule has 2 heterocycles. The van der Waals surface area contributed by atoms with Crippen LogP contribution in [-0.2, 0) is 0 Å². The molecule has 3 nitrogen and oxygen atoms in total. The molecule has 13 heavy (non-hydrogen) atoms. The van der Waals surface area contributed by atoms with E-state index in [1.54, 1.807) is 6.07 Å². The average molecular weight is 225 g/mol.